The summed E-state index contributed by atoms with van der Waals surface area (Å²) >= 11 is 4.04. The van der Waals surface area contributed by atoms with Gasteiger partial charge < -0.3 is 5.32 Å². The van der Waals surface area contributed by atoms with Gasteiger partial charge in [-0.2, -0.15) is 11.8 Å². The van der Waals surface area contributed by atoms with Gasteiger partial charge in [-0.25, -0.2) is 0 Å². The van der Waals surface area contributed by atoms with Crippen LogP contribution in [-0.2, 0) is 0 Å². The van der Waals surface area contributed by atoms with Gasteiger partial charge >= 0.3 is 0 Å². The molecule has 2 heterocycles. The molecule has 2 nitrogen and oxygen atoms in total. The summed E-state index contributed by atoms with van der Waals surface area (Å²) in [5.41, 5.74) is 0. The van der Waals surface area contributed by atoms with Crippen LogP contribution in [0.15, 0.2) is 4.99 Å². The van der Waals surface area contributed by atoms with Crippen molar-refractivity contribution in [2.24, 2.45) is 10.9 Å². The molecule has 1 fully saturated rings. The quantitative estimate of drug-likeness (QED) is 0.822. The fourth-order valence-corrected chi connectivity index (χ4v) is 4.38. The standard InChI is InChI=1S/C11H20N2S2/c1-2-3-10-7-13-11(15-10)12-6-9-4-5-14-8-9/h9-10H,2-8H2,1H3,(H,12,13). The zero-order valence-corrected chi connectivity index (χ0v) is 11.0. The number of amidine groups is 1. The first-order chi connectivity index (χ1) is 7.38. The smallest absolute Gasteiger partial charge is 0.156 e. The summed E-state index contributed by atoms with van der Waals surface area (Å²) in [4.78, 5) is 4.56. The maximum Gasteiger partial charge on any atom is 0.156 e. The Morgan fingerprint density at radius 2 is 2.47 bits per heavy atom. The Morgan fingerprint density at radius 1 is 1.53 bits per heavy atom. The Kier molecular flexibility index (Phi) is 4.69. The maximum atomic E-state index is 4.56. The summed E-state index contributed by atoms with van der Waals surface area (Å²) in [5.74, 6) is 3.57. The number of nitrogens with zero attached hydrogens (tertiary/aromatic N) is 1. The Morgan fingerprint density at radius 3 is 3.20 bits per heavy atom. The van der Waals surface area contributed by atoms with Crippen molar-refractivity contribution in [3.8, 4) is 0 Å². The largest absolute Gasteiger partial charge is 0.365 e. The highest BCUT2D eigenvalue weighted by atomic mass is 32.2. The number of thioether (sulfide) groups is 2. The average molecular weight is 244 g/mol. The molecule has 0 spiro atoms. The third-order valence-electron chi connectivity index (χ3n) is 2.89. The van der Waals surface area contributed by atoms with E-state index in [9.17, 15) is 0 Å². The second-order valence-corrected chi connectivity index (χ2v) is 6.72. The van der Waals surface area contributed by atoms with Gasteiger partial charge in [0.2, 0.25) is 0 Å². The Balaban J connectivity index is 1.63. The van der Waals surface area contributed by atoms with Gasteiger partial charge in [-0.15, -0.1) is 0 Å². The van der Waals surface area contributed by atoms with Crippen molar-refractivity contribution >= 4 is 28.7 Å². The SMILES string of the molecule is CCCC1CN=C(NCC2CCSC2)S1. The molecule has 0 aliphatic carbocycles. The molecule has 2 unspecified atom stereocenters. The zero-order valence-electron chi connectivity index (χ0n) is 9.37. The van der Waals surface area contributed by atoms with E-state index in [0.717, 1.165) is 24.3 Å². The highest BCUT2D eigenvalue weighted by Crippen LogP contribution is 2.25. The molecule has 0 aromatic carbocycles. The van der Waals surface area contributed by atoms with E-state index in [1.165, 1.54) is 35.9 Å². The van der Waals surface area contributed by atoms with E-state index in [1.54, 1.807) is 0 Å². The zero-order chi connectivity index (χ0) is 10.5. The molecule has 0 amide bonds. The summed E-state index contributed by atoms with van der Waals surface area (Å²) in [6.07, 6.45) is 3.96. The summed E-state index contributed by atoms with van der Waals surface area (Å²) in [6.45, 7) is 4.42. The van der Waals surface area contributed by atoms with E-state index in [4.69, 9.17) is 0 Å². The van der Waals surface area contributed by atoms with Crippen LogP contribution in [0.5, 0.6) is 0 Å². The minimum absolute atomic E-state index is 0.746. The molecule has 0 radical (unpaired) electrons. The molecule has 0 bridgehead atoms. The lowest BCUT2D eigenvalue weighted by Crippen LogP contribution is -2.26. The molecule has 4 heteroatoms. The summed E-state index contributed by atoms with van der Waals surface area (Å²) < 4.78 is 0. The van der Waals surface area contributed by atoms with Gasteiger partial charge in [0.25, 0.3) is 0 Å². The first kappa shape index (κ1) is 11.6. The van der Waals surface area contributed by atoms with Crippen LogP contribution in [0.3, 0.4) is 0 Å². The highest BCUT2D eigenvalue weighted by molar-refractivity contribution is 8.14. The third kappa shape index (κ3) is 3.59. The van der Waals surface area contributed by atoms with Crippen LogP contribution in [0.4, 0.5) is 0 Å². The van der Waals surface area contributed by atoms with Crippen molar-refractivity contribution in [3.05, 3.63) is 0 Å². The molecular formula is C11H20N2S2. The van der Waals surface area contributed by atoms with Crippen molar-refractivity contribution in [1.29, 1.82) is 0 Å². The van der Waals surface area contributed by atoms with Crippen molar-refractivity contribution < 1.29 is 0 Å². The molecular weight excluding hydrogens is 224 g/mol. The Bertz CT molecular complexity index is 225. The molecule has 0 aromatic heterocycles. The van der Waals surface area contributed by atoms with Gasteiger partial charge in [0.15, 0.2) is 5.17 Å². The third-order valence-corrected chi connectivity index (χ3v) is 5.34. The van der Waals surface area contributed by atoms with Gasteiger partial charge in [-0.3, -0.25) is 4.99 Å². The number of hydrogen-bond acceptors (Lipinski definition) is 4. The summed E-state index contributed by atoms with van der Waals surface area (Å²) in [6, 6.07) is 0. The van der Waals surface area contributed by atoms with Gasteiger partial charge in [-0.1, -0.05) is 25.1 Å². The van der Waals surface area contributed by atoms with Gasteiger partial charge in [-0.05, 0) is 30.3 Å². The molecule has 0 saturated carbocycles. The molecule has 15 heavy (non-hydrogen) atoms. The van der Waals surface area contributed by atoms with Crippen molar-refractivity contribution in [2.75, 3.05) is 24.6 Å². The van der Waals surface area contributed by atoms with Crippen LogP contribution >= 0.6 is 23.5 Å². The van der Waals surface area contributed by atoms with Gasteiger partial charge in [0.1, 0.15) is 0 Å². The summed E-state index contributed by atoms with van der Waals surface area (Å²) in [7, 11) is 0. The van der Waals surface area contributed by atoms with E-state index in [2.05, 4.69) is 29.0 Å². The Hall–Kier alpha value is 0.170. The minimum atomic E-state index is 0.746. The van der Waals surface area contributed by atoms with Crippen molar-refractivity contribution in [2.45, 2.75) is 31.4 Å². The molecule has 2 aliphatic heterocycles. The van der Waals surface area contributed by atoms with Crippen LogP contribution in [0.25, 0.3) is 0 Å². The minimum Gasteiger partial charge on any atom is -0.365 e. The number of aliphatic imine (C=N–C) groups is 1. The lowest BCUT2D eigenvalue weighted by Gasteiger charge is -2.11. The van der Waals surface area contributed by atoms with E-state index >= 15 is 0 Å². The fraction of sp³-hybridized carbons (Fsp3) is 0.909. The van der Waals surface area contributed by atoms with E-state index in [0.29, 0.717) is 0 Å². The fourth-order valence-electron chi connectivity index (χ4n) is 1.96. The van der Waals surface area contributed by atoms with Crippen LogP contribution in [0.1, 0.15) is 26.2 Å². The normalized spacial score (nSPS) is 30.6. The predicted molar refractivity (Wildman–Crippen MR) is 72.0 cm³/mol. The molecule has 2 atom stereocenters. The molecule has 0 aromatic rings. The topological polar surface area (TPSA) is 24.4 Å². The molecule has 2 rings (SSSR count). The average Bonchev–Trinajstić information content (AvgIpc) is 2.85. The van der Waals surface area contributed by atoms with Crippen molar-refractivity contribution in [1.82, 2.24) is 5.32 Å². The van der Waals surface area contributed by atoms with Crippen LogP contribution in [-0.4, -0.2) is 35.0 Å². The van der Waals surface area contributed by atoms with Gasteiger partial charge in [0, 0.05) is 11.8 Å². The number of rotatable bonds is 4. The summed E-state index contributed by atoms with van der Waals surface area (Å²) in [5, 5.41) is 5.46. The first-order valence-corrected chi connectivity index (χ1v) is 7.94. The molecule has 86 valence electrons. The Labute approximate surface area is 101 Å². The van der Waals surface area contributed by atoms with Crippen LogP contribution < -0.4 is 5.32 Å². The van der Waals surface area contributed by atoms with Gasteiger partial charge in [0.05, 0.1) is 6.54 Å². The lowest BCUT2D eigenvalue weighted by molar-refractivity contribution is 0.583. The van der Waals surface area contributed by atoms with E-state index in [1.807, 2.05) is 11.8 Å². The highest BCUT2D eigenvalue weighted by Gasteiger charge is 2.20. The second kappa shape index (κ2) is 6.04. The molecule has 1 N–H and O–H groups in total. The molecule has 2 aliphatic rings. The predicted octanol–water partition coefficient (Wildman–Crippen LogP) is 2.60. The first-order valence-electron chi connectivity index (χ1n) is 5.91. The van der Waals surface area contributed by atoms with Crippen LogP contribution in [0.2, 0.25) is 0 Å². The second-order valence-electron chi connectivity index (χ2n) is 4.28. The number of hydrogen-bond donors (Lipinski definition) is 1. The van der Waals surface area contributed by atoms with Crippen molar-refractivity contribution in [3.63, 3.8) is 0 Å². The van der Waals surface area contributed by atoms with E-state index in [-0.39, 0.29) is 0 Å². The maximum absolute atomic E-state index is 4.56. The van der Waals surface area contributed by atoms with Crippen LogP contribution in [0, 0.1) is 5.92 Å². The van der Waals surface area contributed by atoms with E-state index < -0.39 is 0 Å². The molecule has 1 saturated heterocycles. The monoisotopic (exact) mass is 244 g/mol. The number of nitrogens with one attached hydrogen (secondary N) is 1. The lowest BCUT2D eigenvalue weighted by atomic mass is 10.1.